The van der Waals surface area contributed by atoms with Gasteiger partial charge in [0.05, 0.1) is 6.61 Å². The number of likely N-dealkylation sites (tertiary alicyclic amines) is 1. The molecule has 2 saturated heterocycles. The van der Waals surface area contributed by atoms with Crippen LogP contribution in [0.5, 0.6) is 0 Å². The van der Waals surface area contributed by atoms with Gasteiger partial charge in [-0.05, 0) is 24.7 Å². The Morgan fingerprint density at radius 2 is 2.18 bits per heavy atom. The van der Waals surface area contributed by atoms with E-state index < -0.39 is 0 Å². The van der Waals surface area contributed by atoms with E-state index in [9.17, 15) is 4.79 Å². The fourth-order valence-electron chi connectivity index (χ4n) is 2.57. The van der Waals surface area contributed by atoms with E-state index >= 15 is 0 Å². The first kappa shape index (κ1) is 12.8. The summed E-state index contributed by atoms with van der Waals surface area (Å²) in [5, 5.41) is 3.21. The average molecular weight is 240 g/mol. The number of carbonyl (C=O) groups is 1. The molecule has 0 radical (unpaired) electrons. The standard InChI is InChI=1S/C13H24N2O2/c1-13(2)4-3-7-15(8-5-13)12(16)11-10-14-6-9-17-11/h11,14H,3-10H2,1-2H3. The SMILES string of the molecule is CC1(C)CCCN(C(=O)C2CNCCO2)CC1. The highest BCUT2D eigenvalue weighted by atomic mass is 16.5. The summed E-state index contributed by atoms with van der Waals surface area (Å²) in [4.78, 5) is 14.3. The van der Waals surface area contributed by atoms with Crippen LogP contribution in [-0.2, 0) is 9.53 Å². The molecule has 0 aromatic carbocycles. The van der Waals surface area contributed by atoms with Crippen LogP contribution >= 0.6 is 0 Å². The summed E-state index contributed by atoms with van der Waals surface area (Å²) in [7, 11) is 0. The number of amides is 1. The monoisotopic (exact) mass is 240 g/mol. The lowest BCUT2D eigenvalue weighted by molar-refractivity contribution is -0.145. The third kappa shape index (κ3) is 3.42. The Kier molecular flexibility index (Phi) is 4.05. The van der Waals surface area contributed by atoms with Crippen molar-refractivity contribution in [3.63, 3.8) is 0 Å². The quantitative estimate of drug-likeness (QED) is 0.744. The molecule has 0 aromatic rings. The lowest BCUT2D eigenvalue weighted by atomic mass is 9.85. The summed E-state index contributed by atoms with van der Waals surface area (Å²) in [6.07, 6.45) is 3.16. The number of hydrogen-bond acceptors (Lipinski definition) is 3. The molecule has 4 heteroatoms. The number of nitrogens with zero attached hydrogens (tertiary/aromatic N) is 1. The molecule has 1 unspecified atom stereocenters. The first-order valence-electron chi connectivity index (χ1n) is 6.70. The van der Waals surface area contributed by atoms with Gasteiger partial charge in [-0.1, -0.05) is 13.8 Å². The van der Waals surface area contributed by atoms with E-state index in [2.05, 4.69) is 19.2 Å². The van der Waals surface area contributed by atoms with Crippen LogP contribution in [0.3, 0.4) is 0 Å². The van der Waals surface area contributed by atoms with E-state index in [0.717, 1.165) is 32.5 Å². The van der Waals surface area contributed by atoms with Crippen LogP contribution in [0.15, 0.2) is 0 Å². The summed E-state index contributed by atoms with van der Waals surface area (Å²) in [5.41, 5.74) is 0.376. The van der Waals surface area contributed by atoms with Crippen molar-refractivity contribution < 1.29 is 9.53 Å². The minimum Gasteiger partial charge on any atom is -0.366 e. The zero-order valence-electron chi connectivity index (χ0n) is 11.0. The van der Waals surface area contributed by atoms with Gasteiger partial charge in [-0.3, -0.25) is 4.79 Å². The van der Waals surface area contributed by atoms with E-state index in [-0.39, 0.29) is 12.0 Å². The first-order valence-corrected chi connectivity index (χ1v) is 6.70. The van der Waals surface area contributed by atoms with Crippen LogP contribution < -0.4 is 5.32 Å². The van der Waals surface area contributed by atoms with E-state index in [1.165, 1.54) is 6.42 Å². The molecular weight excluding hydrogens is 216 g/mol. The number of nitrogens with one attached hydrogen (secondary N) is 1. The highest BCUT2D eigenvalue weighted by Gasteiger charge is 2.30. The number of carbonyl (C=O) groups excluding carboxylic acids is 1. The fourth-order valence-corrected chi connectivity index (χ4v) is 2.57. The van der Waals surface area contributed by atoms with Gasteiger partial charge < -0.3 is 15.0 Å². The van der Waals surface area contributed by atoms with E-state index in [1.54, 1.807) is 0 Å². The van der Waals surface area contributed by atoms with Crippen molar-refractivity contribution in [3.05, 3.63) is 0 Å². The number of morpholine rings is 1. The summed E-state index contributed by atoms with van der Waals surface area (Å²) >= 11 is 0. The van der Waals surface area contributed by atoms with Crippen LogP contribution in [0.25, 0.3) is 0 Å². The Morgan fingerprint density at radius 3 is 2.88 bits per heavy atom. The molecule has 1 amide bonds. The molecule has 0 aliphatic carbocycles. The molecule has 17 heavy (non-hydrogen) atoms. The molecule has 98 valence electrons. The maximum atomic E-state index is 12.3. The molecule has 2 rings (SSSR count). The predicted molar refractivity (Wildman–Crippen MR) is 66.8 cm³/mol. The Hall–Kier alpha value is -0.610. The van der Waals surface area contributed by atoms with Crippen LogP contribution in [0.1, 0.15) is 33.1 Å². The molecule has 2 heterocycles. The Balaban J connectivity index is 1.90. The van der Waals surface area contributed by atoms with Crippen molar-refractivity contribution in [1.29, 1.82) is 0 Å². The van der Waals surface area contributed by atoms with Gasteiger partial charge in [0.25, 0.3) is 5.91 Å². The zero-order valence-corrected chi connectivity index (χ0v) is 11.0. The number of ether oxygens (including phenoxy) is 1. The molecule has 0 aromatic heterocycles. The van der Waals surface area contributed by atoms with E-state index in [0.29, 0.717) is 18.6 Å². The highest BCUT2D eigenvalue weighted by Crippen LogP contribution is 2.30. The first-order chi connectivity index (χ1) is 8.08. The Bertz CT molecular complexity index is 273. The van der Waals surface area contributed by atoms with Gasteiger partial charge in [-0.15, -0.1) is 0 Å². The van der Waals surface area contributed by atoms with Crippen LogP contribution in [-0.4, -0.2) is 49.7 Å². The van der Waals surface area contributed by atoms with Gasteiger partial charge in [0.15, 0.2) is 0 Å². The van der Waals surface area contributed by atoms with Crippen molar-refractivity contribution in [2.75, 3.05) is 32.8 Å². The maximum absolute atomic E-state index is 12.3. The second-order valence-electron chi connectivity index (χ2n) is 5.91. The summed E-state index contributed by atoms with van der Waals surface area (Å²) in [6, 6.07) is 0. The third-order valence-corrected chi connectivity index (χ3v) is 3.85. The number of hydrogen-bond donors (Lipinski definition) is 1. The van der Waals surface area contributed by atoms with E-state index in [1.807, 2.05) is 4.90 Å². The normalized spacial score (nSPS) is 29.8. The lowest BCUT2D eigenvalue weighted by Crippen LogP contribution is -2.49. The Labute approximate surface area is 104 Å². The van der Waals surface area contributed by atoms with Gasteiger partial charge in [-0.2, -0.15) is 0 Å². The molecule has 0 bridgehead atoms. The molecule has 2 aliphatic heterocycles. The predicted octanol–water partition coefficient (Wildman–Crippen LogP) is 1.01. The molecule has 2 aliphatic rings. The third-order valence-electron chi connectivity index (χ3n) is 3.85. The zero-order chi connectivity index (χ0) is 12.3. The smallest absolute Gasteiger partial charge is 0.253 e. The van der Waals surface area contributed by atoms with E-state index in [4.69, 9.17) is 4.74 Å². The largest absolute Gasteiger partial charge is 0.366 e. The molecule has 1 atom stereocenters. The summed E-state index contributed by atoms with van der Waals surface area (Å²) in [6.45, 7) is 8.53. The van der Waals surface area contributed by atoms with Gasteiger partial charge in [0, 0.05) is 26.2 Å². The van der Waals surface area contributed by atoms with Gasteiger partial charge in [0.2, 0.25) is 0 Å². The van der Waals surface area contributed by atoms with Crippen molar-refractivity contribution in [2.24, 2.45) is 5.41 Å². The molecule has 0 spiro atoms. The average Bonchev–Trinajstić information content (AvgIpc) is 2.50. The topological polar surface area (TPSA) is 41.6 Å². The molecule has 1 N–H and O–H groups in total. The lowest BCUT2D eigenvalue weighted by Gasteiger charge is -2.29. The molecular formula is C13H24N2O2. The number of rotatable bonds is 1. The minimum atomic E-state index is -0.259. The van der Waals surface area contributed by atoms with Gasteiger partial charge in [0.1, 0.15) is 6.10 Å². The molecule has 0 saturated carbocycles. The Morgan fingerprint density at radius 1 is 1.35 bits per heavy atom. The van der Waals surface area contributed by atoms with Crippen molar-refractivity contribution >= 4 is 5.91 Å². The van der Waals surface area contributed by atoms with Crippen LogP contribution in [0, 0.1) is 5.41 Å². The molecule has 2 fully saturated rings. The second-order valence-corrected chi connectivity index (χ2v) is 5.91. The van der Waals surface area contributed by atoms with Crippen LogP contribution in [0.2, 0.25) is 0 Å². The second kappa shape index (κ2) is 5.36. The van der Waals surface area contributed by atoms with Crippen molar-refractivity contribution in [1.82, 2.24) is 10.2 Å². The maximum Gasteiger partial charge on any atom is 0.253 e. The van der Waals surface area contributed by atoms with Gasteiger partial charge in [-0.25, -0.2) is 0 Å². The summed E-state index contributed by atoms with van der Waals surface area (Å²) < 4.78 is 5.53. The summed E-state index contributed by atoms with van der Waals surface area (Å²) in [5.74, 6) is 0.176. The fraction of sp³-hybridized carbons (Fsp3) is 0.923. The van der Waals surface area contributed by atoms with Crippen molar-refractivity contribution in [3.8, 4) is 0 Å². The van der Waals surface area contributed by atoms with Gasteiger partial charge >= 0.3 is 0 Å². The minimum absolute atomic E-state index is 0.176. The molecule has 4 nitrogen and oxygen atoms in total. The highest BCUT2D eigenvalue weighted by molar-refractivity contribution is 5.81. The van der Waals surface area contributed by atoms with Crippen molar-refractivity contribution in [2.45, 2.75) is 39.2 Å². The van der Waals surface area contributed by atoms with Crippen LogP contribution in [0.4, 0.5) is 0 Å².